The molecule has 0 amide bonds. The summed E-state index contributed by atoms with van der Waals surface area (Å²) in [6, 6.07) is 0. The van der Waals surface area contributed by atoms with Gasteiger partial charge in [0, 0.05) is 26.4 Å². The van der Waals surface area contributed by atoms with Gasteiger partial charge in [0.05, 0.1) is 6.54 Å². The van der Waals surface area contributed by atoms with Gasteiger partial charge in [-0.3, -0.25) is 18.8 Å². The zero-order valence-electron chi connectivity index (χ0n) is 16.9. The average molecular weight is 384 g/mol. The molecule has 8 nitrogen and oxygen atoms in total. The maximum Gasteiger partial charge on any atom is 0.332 e. The van der Waals surface area contributed by atoms with Crippen LogP contribution in [0.1, 0.15) is 44.9 Å². The molecule has 3 heterocycles. The molecule has 0 atom stereocenters. The minimum atomic E-state index is -0.362. The van der Waals surface area contributed by atoms with E-state index in [1.54, 1.807) is 25.6 Å². The van der Waals surface area contributed by atoms with Crippen molar-refractivity contribution in [3.8, 4) is 11.8 Å². The third-order valence-corrected chi connectivity index (χ3v) is 5.25. The fourth-order valence-electron chi connectivity index (χ4n) is 3.58. The van der Waals surface area contributed by atoms with Gasteiger partial charge in [-0.25, -0.2) is 9.78 Å². The van der Waals surface area contributed by atoms with Crippen LogP contribution >= 0.6 is 0 Å². The number of imidazole rings is 1. The van der Waals surface area contributed by atoms with Crippen LogP contribution in [0.3, 0.4) is 0 Å². The summed E-state index contributed by atoms with van der Waals surface area (Å²) in [5, 5.41) is 7.48. The minimum Gasteiger partial charge on any atom is -0.315 e. The Hall–Kier alpha value is -2.66. The van der Waals surface area contributed by atoms with Crippen LogP contribution in [-0.4, -0.2) is 48.9 Å². The van der Waals surface area contributed by atoms with E-state index in [0.717, 1.165) is 19.5 Å². The van der Waals surface area contributed by atoms with Crippen molar-refractivity contribution >= 4 is 16.9 Å². The zero-order chi connectivity index (χ0) is 20.3. The molecular weight excluding hydrogens is 356 g/mol. The van der Waals surface area contributed by atoms with Crippen molar-refractivity contribution in [3.05, 3.63) is 26.7 Å². The lowest BCUT2D eigenvalue weighted by atomic mass is 10.2. The van der Waals surface area contributed by atoms with Gasteiger partial charge in [-0.2, -0.15) is 0 Å². The molecule has 8 heteroatoms. The second-order valence-electron chi connectivity index (χ2n) is 7.49. The van der Waals surface area contributed by atoms with Crippen LogP contribution in [0.5, 0.6) is 0 Å². The second-order valence-corrected chi connectivity index (χ2v) is 7.49. The van der Waals surface area contributed by atoms with Gasteiger partial charge in [-0.1, -0.05) is 5.92 Å². The van der Waals surface area contributed by atoms with E-state index in [9.17, 15) is 9.59 Å². The smallest absolute Gasteiger partial charge is 0.315 e. The summed E-state index contributed by atoms with van der Waals surface area (Å²) in [5.41, 5.74) is 0.691. The third-order valence-electron chi connectivity index (χ3n) is 5.25. The Morgan fingerprint density at radius 3 is 2.54 bits per heavy atom. The second kappa shape index (κ2) is 8.57. The number of rotatable bonds is 6. The summed E-state index contributed by atoms with van der Waals surface area (Å²) in [4.78, 5) is 32.3. The van der Waals surface area contributed by atoms with E-state index in [2.05, 4.69) is 21.7 Å². The molecule has 0 bridgehead atoms. The van der Waals surface area contributed by atoms with Crippen LogP contribution < -0.4 is 11.2 Å². The van der Waals surface area contributed by atoms with E-state index in [0.29, 0.717) is 48.6 Å². The van der Waals surface area contributed by atoms with Gasteiger partial charge in [-0.15, -0.1) is 0 Å². The molecule has 28 heavy (non-hydrogen) atoms. The van der Waals surface area contributed by atoms with E-state index in [-0.39, 0.29) is 11.2 Å². The summed E-state index contributed by atoms with van der Waals surface area (Å²) in [7, 11) is 3.40. The van der Waals surface area contributed by atoms with E-state index in [1.807, 2.05) is 0 Å². The maximum atomic E-state index is 12.9. The third kappa shape index (κ3) is 4.09. The number of aromatic nitrogens is 4. The highest BCUT2D eigenvalue weighted by molar-refractivity contribution is 5.78. The highest BCUT2D eigenvalue weighted by Gasteiger charge is 2.17. The molecule has 2 aromatic rings. The summed E-state index contributed by atoms with van der Waals surface area (Å²) in [5.74, 6) is 6.70. The van der Waals surface area contributed by atoms with E-state index in [4.69, 9.17) is 5.41 Å². The molecule has 0 saturated carbocycles. The predicted octanol–water partition coefficient (Wildman–Crippen LogP) is 1.09. The molecule has 0 spiro atoms. The largest absolute Gasteiger partial charge is 0.332 e. The Balaban J connectivity index is 1.90. The van der Waals surface area contributed by atoms with Gasteiger partial charge < -0.3 is 9.98 Å². The average Bonchev–Trinajstić information content (AvgIpc) is 3.28. The van der Waals surface area contributed by atoms with Crippen LogP contribution in [0.15, 0.2) is 9.59 Å². The normalized spacial score (nSPS) is 14.4. The molecule has 3 rings (SSSR count). The molecule has 1 fully saturated rings. The van der Waals surface area contributed by atoms with E-state index < -0.39 is 0 Å². The quantitative estimate of drug-likeness (QED) is 0.459. The van der Waals surface area contributed by atoms with Gasteiger partial charge in [0.25, 0.3) is 5.56 Å². The monoisotopic (exact) mass is 384 g/mol. The highest BCUT2D eigenvalue weighted by atomic mass is 16.2. The highest BCUT2D eigenvalue weighted by Crippen LogP contribution is 2.09. The summed E-state index contributed by atoms with van der Waals surface area (Å²) < 4.78 is 4.38. The van der Waals surface area contributed by atoms with Gasteiger partial charge in [0.2, 0.25) is 0 Å². The Labute approximate surface area is 164 Å². The maximum absolute atomic E-state index is 12.9. The van der Waals surface area contributed by atoms with Crippen molar-refractivity contribution in [2.24, 2.45) is 14.1 Å². The first-order chi connectivity index (χ1) is 13.4. The first-order valence-electron chi connectivity index (χ1n) is 9.81. The molecule has 1 aliphatic heterocycles. The molecule has 0 unspecified atom stereocenters. The Kier molecular flexibility index (Phi) is 6.15. The Bertz CT molecular complexity index is 1060. The molecule has 1 N–H and O–H groups in total. The zero-order valence-corrected chi connectivity index (χ0v) is 16.9. The standard InChI is InChI=1S/C20H28N6O2/c1-15(21)9-4-5-14-26-19(27)17-18(24(3)20(26)28)22-16(23(17)2)10-8-13-25-11-6-7-12-25/h21H,4-7,9,11-14H2,1-3H3. The van der Waals surface area contributed by atoms with Crippen molar-refractivity contribution in [2.75, 3.05) is 19.6 Å². The van der Waals surface area contributed by atoms with Gasteiger partial charge in [0.15, 0.2) is 17.0 Å². The Morgan fingerprint density at radius 2 is 1.86 bits per heavy atom. The van der Waals surface area contributed by atoms with Crippen molar-refractivity contribution in [1.82, 2.24) is 23.6 Å². The minimum absolute atomic E-state index is 0.327. The first kappa shape index (κ1) is 20.1. The molecule has 0 aromatic carbocycles. The topological polar surface area (TPSA) is 88.9 Å². The fraction of sp³-hybridized carbons (Fsp3) is 0.600. The number of hydrogen-bond donors (Lipinski definition) is 1. The molecule has 0 radical (unpaired) electrons. The fourth-order valence-corrected chi connectivity index (χ4v) is 3.58. The number of likely N-dealkylation sites (tertiary alicyclic amines) is 1. The van der Waals surface area contributed by atoms with Crippen molar-refractivity contribution < 1.29 is 0 Å². The SMILES string of the molecule is CC(=N)CCCCn1c(=O)c2c(nc(C#CCN3CCCC3)n2C)n(C)c1=O. The van der Waals surface area contributed by atoms with Crippen molar-refractivity contribution in [3.63, 3.8) is 0 Å². The number of aryl methyl sites for hydroxylation is 2. The number of fused-ring (bicyclic) bond motifs is 1. The van der Waals surface area contributed by atoms with Gasteiger partial charge in [-0.05, 0) is 58.0 Å². The van der Waals surface area contributed by atoms with Crippen LogP contribution in [0.25, 0.3) is 11.2 Å². The van der Waals surface area contributed by atoms with Gasteiger partial charge in [0.1, 0.15) is 0 Å². The van der Waals surface area contributed by atoms with Crippen LogP contribution in [0.4, 0.5) is 0 Å². The number of unbranched alkanes of at least 4 members (excludes halogenated alkanes) is 1. The van der Waals surface area contributed by atoms with E-state index >= 15 is 0 Å². The molecule has 150 valence electrons. The summed E-state index contributed by atoms with van der Waals surface area (Å²) in [6.07, 6.45) is 4.57. The Morgan fingerprint density at radius 1 is 1.14 bits per heavy atom. The van der Waals surface area contributed by atoms with Crippen molar-refractivity contribution in [2.45, 2.75) is 45.6 Å². The van der Waals surface area contributed by atoms with Crippen LogP contribution in [0, 0.1) is 17.3 Å². The lowest BCUT2D eigenvalue weighted by Crippen LogP contribution is -2.39. The molecule has 2 aromatic heterocycles. The molecule has 1 saturated heterocycles. The van der Waals surface area contributed by atoms with Gasteiger partial charge >= 0.3 is 5.69 Å². The lowest BCUT2D eigenvalue weighted by molar-refractivity contribution is 0.383. The predicted molar refractivity (Wildman–Crippen MR) is 110 cm³/mol. The number of nitrogens with zero attached hydrogens (tertiary/aromatic N) is 5. The molecule has 0 aliphatic carbocycles. The summed E-state index contributed by atoms with van der Waals surface area (Å²) >= 11 is 0. The lowest BCUT2D eigenvalue weighted by Gasteiger charge is -2.08. The summed E-state index contributed by atoms with van der Waals surface area (Å²) in [6.45, 7) is 4.95. The van der Waals surface area contributed by atoms with E-state index in [1.165, 1.54) is 22.0 Å². The van der Waals surface area contributed by atoms with Crippen molar-refractivity contribution in [1.29, 1.82) is 5.41 Å². The molecular formula is C20H28N6O2. The van der Waals surface area contributed by atoms with Crippen LogP contribution in [-0.2, 0) is 20.6 Å². The number of nitrogens with one attached hydrogen (secondary N) is 1. The first-order valence-corrected chi connectivity index (χ1v) is 9.81. The number of hydrogen-bond acceptors (Lipinski definition) is 5. The van der Waals surface area contributed by atoms with Crippen LogP contribution in [0.2, 0.25) is 0 Å². The molecule has 1 aliphatic rings.